The number of nitrogens with one attached hydrogen (secondary N) is 2. The molecule has 3 atom stereocenters. The van der Waals surface area contributed by atoms with Crippen LogP contribution in [0.3, 0.4) is 0 Å². The van der Waals surface area contributed by atoms with Crippen LogP contribution < -0.4 is 10.6 Å². The normalized spacial score (nSPS) is 19.4. The van der Waals surface area contributed by atoms with Crippen molar-refractivity contribution in [2.24, 2.45) is 5.92 Å². The number of benzene rings is 1. The summed E-state index contributed by atoms with van der Waals surface area (Å²) in [5, 5.41) is 15.4. The summed E-state index contributed by atoms with van der Waals surface area (Å²) in [6.07, 6.45) is 0. The van der Waals surface area contributed by atoms with Gasteiger partial charge in [-0.15, -0.1) is 0 Å². The third-order valence-electron chi connectivity index (χ3n) is 5.62. The van der Waals surface area contributed by atoms with Gasteiger partial charge in [-0.25, -0.2) is 4.79 Å². The third-order valence-corrected chi connectivity index (χ3v) is 5.62. The average molecular weight is 419 g/mol. The largest absolute Gasteiger partial charge is 0.480 e. The van der Waals surface area contributed by atoms with Gasteiger partial charge in [-0.2, -0.15) is 0 Å². The van der Waals surface area contributed by atoms with E-state index in [2.05, 4.69) is 15.5 Å². The second-order valence-corrected chi connectivity index (χ2v) is 8.35. The first kappa shape index (κ1) is 23.8. The lowest BCUT2D eigenvalue weighted by Gasteiger charge is -2.41. The monoisotopic (exact) mass is 418 g/mol. The van der Waals surface area contributed by atoms with Crippen LogP contribution in [-0.2, 0) is 20.9 Å². The molecule has 2 amide bonds. The summed E-state index contributed by atoms with van der Waals surface area (Å²) in [5.41, 5.74) is 2.28. The molecule has 0 saturated carbocycles. The predicted octanol–water partition coefficient (Wildman–Crippen LogP) is 0.841. The van der Waals surface area contributed by atoms with Crippen LogP contribution in [-0.4, -0.2) is 77.5 Å². The van der Waals surface area contributed by atoms with Crippen molar-refractivity contribution in [3.8, 4) is 0 Å². The van der Waals surface area contributed by atoms with Crippen molar-refractivity contribution in [1.82, 2.24) is 20.4 Å². The number of hydrogen-bond acceptors (Lipinski definition) is 5. The number of hydrogen-bond donors (Lipinski definition) is 3. The van der Waals surface area contributed by atoms with Crippen LogP contribution in [0.4, 0.5) is 0 Å². The van der Waals surface area contributed by atoms with E-state index in [4.69, 9.17) is 0 Å². The van der Waals surface area contributed by atoms with Gasteiger partial charge in [0.05, 0.1) is 6.04 Å². The number of likely N-dealkylation sites (N-methyl/N-ethyl adjacent to an activating group) is 1. The topological polar surface area (TPSA) is 102 Å². The van der Waals surface area contributed by atoms with Gasteiger partial charge in [0.2, 0.25) is 11.8 Å². The zero-order valence-electron chi connectivity index (χ0n) is 18.5. The molecule has 0 spiro atoms. The maximum Gasteiger partial charge on any atom is 0.327 e. The molecule has 3 unspecified atom stereocenters. The minimum atomic E-state index is -1.03. The van der Waals surface area contributed by atoms with Gasteiger partial charge in [0, 0.05) is 26.2 Å². The smallest absolute Gasteiger partial charge is 0.327 e. The van der Waals surface area contributed by atoms with Crippen LogP contribution in [0, 0.1) is 12.8 Å². The second-order valence-electron chi connectivity index (χ2n) is 8.35. The van der Waals surface area contributed by atoms with E-state index in [9.17, 15) is 19.5 Å². The van der Waals surface area contributed by atoms with Gasteiger partial charge in [-0.05, 0) is 32.4 Å². The molecule has 8 heteroatoms. The van der Waals surface area contributed by atoms with Crippen molar-refractivity contribution in [2.75, 3.05) is 26.7 Å². The molecule has 1 saturated heterocycles. The highest BCUT2D eigenvalue weighted by Crippen LogP contribution is 2.17. The molecule has 0 radical (unpaired) electrons. The first-order chi connectivity index (χ1) is 14.1. The standard InChI is InChI=1S/C22H34N4O4/c1-14(2)19(24-20(27)16(4)23-5)21(28)26-11-10-25(13-18(26)22(29)30)12-17-8-6-15(3)7-9-17/h6-9,14,16,18-19,23H,10-13H2,1-5H3,(H,24,27)(H,29,30). The molecular formula is C22H34N4O4. The molecule has 0 bridgehead atoms. The average Bonchev–Trinajstić information content (AvgIpc) is 2.72. The molecule has 3 N–H and O–H groups in total. The Morgan fingerprint density at radius 3 is 2.30 bits per heavy atom. The Kier molecular flexibility index (Phi) is 8.37. The Bertz CT molecular complexity index is 750. The van der Waals surface area contributed by atoms with Gasteiger partial charge in [0.25, 0.3) is 0 Å². The Morgan fingerprint density at radius 1 is 1.13 bits per heavy atom. The molecule has 1 fully saturated rings. The number of nitrogens with zero attached hydrogens (tertiary/aromatic N) is 2. The van der Waals surface area contributed by atoms with E-state index in [-0.39, 0.29) is 24.3 Å². The zero-order chi connectivity index (χ0) is 22.4. The van der Waals surface area contributed by atoms with Crippen molar-refractivity contribution in [3.63, 3.8) is 0 Å². The van der Waals surface area contributed by atoms with Crippen molar-refractivity contribution in [1.29, 1.82) is 0 Å². The van der Waals surface area contributed by atoms with Gasteiger partial charge < -0.3 is 20.6 Å². The SMILES string of the molecule is CNC(C)C(=O)NC(C(=O)N1CCN(Cc2ccc(C)cc2)CC1C(=O)O)C(C)C. The van der Waals surface area contributed by atoms with E-state index in [0.717, 1.165) is 5.56 Å². The fourth-order valence-corrected chi connectivity index (χ4v) is 3.51. The van der Waals surface area contributed by atoms with Crippen molar-refractivity contribution in [3.05, 3.63) is 35.4 Å². The highest BCUT2D eigenvalue weighted by molar-refractivity contribution is 5.92. The molecule has 0 aromatic heterocycles. The molecule has 1 heterocycles. The summed E-state index contributed by atoms with van der Waals surface area (Å²) in [4.78, 5) is 40.9. The first-order valence-corrected chi connectivity index (χ1v) is 10.4. The van der Waals surface area contributed by atoms with Crippen LogP contribution >= 0.6 is 0 Å². The lowest BCUT2D eigenvalue weighted by atomic mass is 10.00. The predicted molar refractivity (Wildman–Crippen MR) is 115 cm³/mol. The number of rotatable bonds is 8. The molecule has 166 valence electrons. The minimum Gasteiger partial charge on any atom is -0.480 e. The minimum absolute atomic E-state index is 0.162. The highest BCUT2D eigenvalue weighted by atomic mass is 16.4. The molecule has 1 aliphatic heterocycles. The molecule has 30 heavy (non-hydrogen) atoms. The number of piperazine rings is 1. The Balaban J connectivity index is 2.11. The highest BCUT2D eigenvalue weighted by Gasteiger charge is 2.39. The molecule has 2 rings (SSSR count). The van der Waals surface area contributed by atoms with Gasteiger partial charge in [0.15, 0.2) is 0 Å². The Hall–Kier alpha value is -2.45. The fourth-order valence-electron chi connectivity index (χ4n) is 3.51. The summed E-state index contributed by atoms with van der Waals surface area (Å²) in [5.74, 6) is -1.82. The first-order valence-electron chi connectivity index (χ1n) is 10.4. The van der Waals surface area contributed by atoms with E-state index >= 15 is 0 Å². The number of carbonyl (C=O) groups is 3. The van der Waals surface area contributed by atoms with Gasteiger partial charge >= 0.3 is 5.97 Å². The molecule has 0 aliphatic carbocycles. The van der Waals surface area contributed by atoms with E-state index in [1.807, 2.05) is 45.0 Å². The summed E-state index contributed by atoms with van der Waals surface area (Å²) in [6.45, 7) is 9.19. The second kappa shape index (κ2) is 10.5. The Morgan fingerprint density at radius 2 is 1.77 bits per heavy atom. The number of carbonyl (C=O) groups excluding carboxylic acids is 2. The van der Waals surface area contributed by atoms with Crippen LogP contribution in [0.25, 0.3) is 0 Å². The number of carboxylic acids is 1. The van der Waals surface area contributed by atoms with E-state index < -0.39 is 24.1 Å². The molecule has 8 nitrogen and oxygen atoms in total. The van der Waals surface area contributed by atoms with Crippen LogP contribution in [0.1, 0.15) is 31.9 Å². The van der Waals surface area contributed by atoms with Gasteiger partial charge in [-0.3, -0.25) is 14.5 Å². The lowest BCUT2D eigenvalue weighted by Crippen LogP contribution is -2.63. The molecule has 1 aliphatic rings. The fraction of sp³-hybridized carbons (Fsp3) is 0.591. The molecule has 1 aromatic carbocycles. The van der Waals surface area contributed by atoms with Crippen LogP contribution in [0.15, 0.2) is 24.3 Å². The number of aryl methyl sites for hydroxylation is 1. The van der Waals surface area contributed by atoms with Gasteiger partial charge in [-0.1, -0.05) is 43.7 Å². The summed E-state index contributed by atoms with van der Waals surface area (Å²) >= 11 is 0. The van der Waals surface area contributed by atoms with E-state index in [0.29, 0.717) is 19.6 Å². The van der Waals surface area contributed by atoms with Crippen LogP contribution in [0.2, 0.25) is 0 Å². The van der Waals surface area contributed by atoms with Crippen molar-refractivity contribution >= 4 is 17.8 Å². The quantitative estimate of drug-likeness (QED) is 0.578. The number of amides is 2. The van der Waals surface area contributed by atoms with Crippen molar-refractivity contribution in [2.45, 2.75) is 52.4 Å². The van der Waals surface area contributed by atoms with E-state index in [1.54, 1.807) is 14.0 Å². The maximum absolute atomic E-state index is 13.2. The van der Waals surface area contributed by atoms with Crippen molar-refractivity contribution < 1.29 is 19.5 Å². The summed E-state index contributed by atoms with van der Waals surface area (Å²) in [6, 6.07) is 5.99. The molecule has 1 aromatic rings. The Labute approximate surface area is 178 Å². The molecular weight excluding hydrogens is 384 g/mol. The van der Waals surface area contributed by atoms with Gasteiger partial charge in [0.1, 0.15) is 12.1 Å². The number of aliphatic carboxylic acids is 1. The lowest BCUT2D eigenvalue weighted by molar-refractivity contribution is -0.155. The summed E-state index contributed by atoms with van der Waals surface area (Å²) < 4.78 is 0. The van der Waals surface area contributed by atoms with Crippen LogP contribution in [0.5, 0.6) is 0 Å². The number of carboxylic acid groups (broad SMARTS) is 1. The zero-order valence-corrected chi connectivity index (χ0v) is 18.5. The maximum atomic E-state index is 13.2. The van der Waals surface area contributed by atoms with E-state index in [1.165, 1.54) is 10.5 Å². The summed E-state index contributed by atoms with van der Waals surface area (Å²) in [7, 11) is 1.67. The third kappa shape index (κ3) is 6.03.